The summed E-state index contributed by atoms with van der Waals surface area (Å²) in [6.07, 6.45) is 4.39. The Labute approximate surface area is 87.7 Å². The van der Waals surface area contributed by atoms with E-state index in [0.29, 0.717) is 12.2 Å². The maximum absolute atomic E-state index is 10.8. The topological polar surface area (TPSA) is 60.4 Å². The molecular weight excluding hydrogens is 190 g/mol. The summed E-state index contributed by atoms with van der Waals surface area (Å²) in [6, 6.07) is 5.72. The molecule has 2 aromatic rings. The van der Waals surface area contributed by atoms with E-state index in [1.165, 1.54) is 0 Å². The van der Waals surface area contributed by atoms with Gasteiger partial charge in [-0.25, -0.2) is 4.98 Å². The summed E-state index contributed by atoms with van der Waals surface area (Å²) in [5.74, 6) is 0.901. The first-order chi connectivity index (χ1) is 7.36. The molecule has 0 saturated heterocycles. The van der Waals surface area contributed by atoms with Gasteiger partial charge in [0.15, 0.2) is 6.29 Å². The van der Waals surface area contributed by atoms with Crippen LogP contribution in [0.5, 0.6) is 0 Å². The van der Waals surface area contributed by atoms with Crippen LogP contribution in [0.4, 0.5) is 0 Å². The zero-order valence-corrected chi connectivity index (χ0v) is 8.39. The second-order valence-electron chi connectivity index (χ2n) is 3.38. The number of aldehydes is 1. The summed E-state index contributed by atoms with van der Waals surface area (Å²) >= 11 is 0. The van der Waals surface area contributed by atoms with Crippen LogP contribution in [0.25, 0.3) is 5.52 Å². The summed E-state index contributed by atoms with van der Waals surface area (Å²) in [6.45, 7) is 0.637. The number of imidazole rings is 1. The molecule has 78 valence electrons. The second kappa shape index (κ2) is 4.23. The quantitative estimate of drug-likeness (QED) is 0.755. The first-order valence-electron chi connectivity index (χ1n) is 4.98. The molecule has 2 heterocycles. The fourth-order valence-corrected chi connectivity index (χ4v) is 1.65. The maximum Gasteiger partial charge on any atom is 0.170 e. The van der Waals surface area contributed by atoms with Crippen LogP contribution in [-0.4, -0.2) is 22.2 Å². The molecule has 0 aliphatic carbocycles. The van der Waals surface area contributed by atoms with Gasteiger partial charge in [0.25, 0.3) is 0 Å². The highest BCUT2D eigenvalue weighted by molar-refractivity contribution is 5.83. The van der Waals surface area contributed by atoms with Gasteiger partial charge in [-0.05, 0) is 25.1 Å². The Bertz CT molecular complexity index is 476. The monoisotopic (exact) mass is 203 g/mol. The van der Waals surface area contributed by atoms with Crippen LogP contribution in [-0.2, 0) is 6.42 Å². The van der Waals surface area contributed by atoms with E-state index in [2.05, 4.69) is 4.98 Å². The van der Waals surface area contributed by atoms with E-state index in [4.69, 9.17) is 5.73 Å². The van der Waals surface area contributed by atoms with Crippen LogP contribution >= 0.6 is 0 Å². The van der Waals surface area contributed by atoms with Crippen molar-refractivity contribution < 1.29 is 4.79 Å². The Balaban J connectivity index is 2.50. The van der Waals surface area contributed by atoms with Crippen LogP contribution in [0.3, 0.4) is 0 Å². The molecule has 0 spiro atoms. The highest BCUT2D eigenvalue weighted by Gasteiger charge is 2.08. The summed E-state index contributed by atoms with van der Waals surface area (Å²) in [5, 5.41) is 0. The second-order valence-corrected chi connectivity index (χ2v) is 3.38. The lowest BCUT2D eigenvalue weighted by atomic mass is 10.3. The number of fused-ring (bicyclic) bond motifs is 1. The summed E-state index contributed by atoms with van der Waals surface area (Å²) < 4.78 is 1.94. The molecule has 0 bridgehead atoms. The average molecular weight is 203 g/mol. The molecule has 0 amide bonds. The van der Waals surface area contributed by atoms with Crippen LogP contribution < -0.4 is 5.73 Å². The first kappa shape index (κ1) is 9.86. The number of aryl methyl sites for hydroxylation is 1. The third-order valence-corrected chi connectivity index (χ3v) is 2.37. The van der Waals surface area contributed by atoms with E-state index >= 15 is 0 Å². The molecule has 0 aliphatic heterocycles. The third kappa shape index (κ3) is 1.76. The first-order valence-corrected chi connectivity index (χ1v) is 4.98. The molecule has 2 aromatic heterocycles. The van der Waals surface area contributed by atoms with Crippen LogP contribution in [0, 0.1) is 0 Å². The number of carbonyl (C=O) groups excluding carboxylic acids is 1. The molecule has 2 N–H and O–H groups in total. The Morgan fingerprint density at radius 2 is 2.33 bits per heavy atom. The standard InChI is InChI=1S/C11H13N3O/c12-6-3-5-11-13-9(8-15)10-4-1-2-7-14(10)11/h1-2,4,7-8H,3,5-6,12H2. The fourth-order valence-electron chi connectivity index (χ4n) is 1.65. The Morgan fingerprint density at radius 1 is 1.47 bits per heavy atom. The van der Waals surface area contributed by atoms with E-state index < -0.39 is 0 Å². The number of nitrogens with zero attached hydrogens (tertiary/aromatic N) is 2. The third-order valence-electron chi connectivity index (χ3n) is 2.37. The van der Waals surface area contributed by atoms with Crippen molar-refractivity contribution in [1.29, 1.82) is 0 Å². The van der Waals surface area contributed by atoms with E-state index in [1.807, 2.05) is 28.8 Å². The van der Waals surface area contributed by atoms with Gasteiger partial charge in [-0.15, -0.1) is 0 Å². The molecule has 4 heteroatoms. The molecule has 4 nitrogen and oxygen atoms in total. The van der Waals surface area contributed by atoms with Gasteiger partial charge in [0.2, 0.25) is 0 Å². The Kier molecular flexibility index (Phi) is 2.78. The SMILES string of the molecule is NCCCc1nc(C=O)c2ccccn12. The average Bonchev–Trinajstić information content (AvgIpc) is 2.65. The minimum atomic E-state index is 0.502. The zero-order chi connectivity index (χ0) is 10.7. The van der Waals surface area contributed by atoms with Gasteiger partial charge in [0.05, 0.1) is 5.52 Å². The largest absolute Gasteiger partial charge is 0.330 e. The van der Waals surface area contributed by atoms with E-state index in [0.717, 1.165) is 30.5 Å². The van der Waals surface area contributed by atoms with Gasteiger partial charge < -0.3 is 10.1 Å². The molecule has 0 saturated carbocycles. The molecule has 2 rings (SSSR count). The van der Waals surface area contributed by atoms with Crippen molar-refractivity contribution in [2.45, 2.75) is 12.8 Å². The number of hydrogen-bond donors (Lipinski definition) is 1. The van der Waals surface area contributed by atoms with Gasteiger partial charge in [0, 0.05) is 12.6 Å². The number of hydrogen-bond acceptors (Lipinski definition) is 3. The lowest BCUT2D eigenvalue weighted by Gasteiger charge is -1.98. The minimum absolute atomic E-state index is 0.502. The molecule has 15 heavy (non-hydrogen) atoms. The van der Waals surface area contributed by atoms with Gasteiger partial charge in [-0.1, -0.05) is 6.07 Å². The van der Waals surface area contributed by atoms with Crippen molar-refractivity contribution in [1.82, 2.24) is 9.38 Å². The fraction of sp³-hybridized carbons (Fsp3) is 0.273. The highest BCUT2D eigenvalue weighted by Crippen LogP contribution is 2.12. The zero-order valence-electron chi connectivity index (χ0n) is 8.39. The number of nitrogens with two attached hydrogens (primary N) is 1. The lowest BCUT2D eigenvalue weighted by molar-refractivity contribution is 0.112. The molecule has 0 fully saturated rings. The number of aromatic nitrogens is 2. The van der Waals surface area contributed by atoms with Crippen molar-refractivity contribution >= 4 is 11.8 Å². The molecule has 0 radical (unpaired) electrons. The Hall–Kier alpha value is -1.68. The molecule has 0 atom stereocenters. The van der Waals surface area contributed by atoms with E-state index in [-0.39, 0.29) is 0 Å². The minimum Gasteiger partial charge on any atom is -0.330 e. The predicted molar refractivity (Wildman–Crippen MR) is 58.0 cm³/mol. The smallest absolute Gasteiger partial charge is 0.170 e. The normalized spacial score (nSPS) is 10.7. The van der Waals surface area contributed by atoms with Crippen molar-refractivity contribution in [3.8, 4) is 0 Å². The number of pyridine rings is 1. The summed E-state index contributed by atoms with van der Waals surface area (Å²) in [5.41, 5.74) is 6.82. The lowest BCUT2D eigenvalue weighted by Crippen LogP contribution is -2.02. The van der Waals surface area contributed by atoms with Gasteiger partial charge in [-0.3, -0.25) is 4.79 Å². The molecule has 0 unspecified atom stereocenters. The van der Waals surface area contributed by atoms with Crippen LogP contribution in [0.2, 0.25) is 0 Å². The molecule has 0 aliphatic rings. The van der Waals surface area contributed by atoms with Crippen molar-refractivity contribution in [3.05, 3.63) is 35.9 Å². The van der Waals surface area contributed by atoms with Gasteiger partial charge >= 0.3 is 0 Å². The summed E-state index contributed by atoms with van der Waals surface area (Å²) in [4.78, 5) is 15.1. The van der Waals surface area contributed by atoms with Crippen molar-refractivity contribution in [2.75, 3.05) is 6.54 Å². The number of rotatable bonds is 4. The highest BCUT2D eigenvalue weighted by atomic mass is 16.1. The van der Waals surface area contributed by atoms with E-state index in [9.17, 15) is 4.79 Å². The van der Waals surface area contributed by atoms with Crippen molar-refractivity contribution in [3.63, 3.8) is 0 Å². The van der Waals surface area contributed by atoms with Crippen LogP contribution in [0.1, 0.15) is 22.7 Å². The maximum atomic E-state index is 10.8. The Morgan fingerprint density at radius 3 is 3.07 bits per heavy atom. The van der Waals surface area contributed by atoms with Gasteiger partial charge in [0.1, 0.15) is 11.5 Å². The van der Waals surface area contributed by atoms with Crippen molar-refractivity contribution in [2.24, 2.45) is 5.73 Å². The molecular formula is C11H13N3O. The van der Waals surface area contributed by atoms with E-state index in [1.54, 1.807) is 0 Å². The molecule has 0 aromatic carbocycles. The predicted octanol–water partition coefficient (Wildman–Crippen LogP) is 1.04. The summed E-state index contributed by atoms with van der Waals surface area (Å²) in [7, 11) is 0. The van der Waals surface area contributed by atoms with Gasteiger partial charge in [-0.2, -0.15) is 0 Å². The van der Waals surface area contributed by atoms with Crippen LogP contribution in [0.15, 0.2) is 24.4 Å². The number of carbonyl (C=O) groups is 1.